The van der Waals surface area contributed by atoms with Gasteiger partial charge in [0.15, 0.2) is 0 Å². The molecule has 0 amide bonds. The van der Waals surface area contributed by atoms with Crippen molar-refractivity contribution in [3.05, 3.63) is 29.8 Å². The highest BCUT2D eigenvalue weighted by atomic mass is 32.2. The molecular weight excluding hydrogens is 238 g/mol. The standard InChI is InChI=1S/C12H19NO3S/c1-10(9-17(3,14)15)13-8-11-6-4-5-7-12(11)16-2/h4-7,10,13H,8-9H2,1-3H3. The minimum Gasteiger partial charge on any atom is -0.496 e. The molecule has 1 unspecified atom stereocenters. The molecule has 1 atom stereocenters. The predicted molar refractivity (Wildman–Crippen MR) is 69.0 cm³/mol. The summed E-state index contributed by atoms with van der Waals surface area (Å²) >= 11 is 0. The third-order valence-electron chi connectivity index (χ3n) is 2.39. The van der Waals surface area contributed by atoms with Gasteiger partial charge in [-0.15, -0.1) is 0 Å². The molecule has 5 heteroatoms. The van der Waals surface area contributed by atoms with Crippen molar-refractivity contribution in [2.24, 2.45) is 0 Å². The summed E-state index contributed by atoms with van der Waals surface area (Å²) in [6.07, 6.45) is 1.24. The van der Waals surface area contributed by atoms with Crippen LogP contribution in [0.5, 0.6) is 5.75 Å². The van der Waals surface area contributed by atoms with E-state index in [9.17, 15) is 8.42 Å². The Bertz CT molecular complexity index is 457. The van der Waals surface area contributed by atoms with Gasteiger partial charge >= 0.3 is 0 Å². The lowest BCUT2D eigenvalue weighted by molar-refractivity contribution is 0.406. The minimum absolute atomic E-state index is 0.0742. The van der Waals surface area contributed by atoms with E-state index < -0.39 is 9.84 Å². The second-order valence-electron chi connectivity index (χ2n) is 4.19. The maximum atomic E-state index is 11.1. The Morgan fingerprint density at radius 2 is 2.00 bits per heavy atom. The van der Waals surface area contributed by atoms with Crippen molar-refractivity contribution in [2.75, 3.05) is 19.1 Å². The Morgan fingerprint density at radius 3 is 2.59 bits per heavy atom. The molecule has 0 aromatic heterocycles. The van der Waals surface area contributed by atoms with Crippen molar-refractivity contribution >= 4 is 9.84 Å². The summed E-state index contributed by atoms with van der Waals surface area (Å²) in [5.41, 5.74) is 1.02. The van der Waals surface area contributed by atoms with Gasteiger partial charge in [-0.05, 0) is 13.0 Å². The SMILES string of the molecule is COc1ccccc1CNC(C)CS(C)(=O)=O. The molecule has 0 spiro atoms. The number of methoxy groups -OCH3 is 1. The highest BCUT2D eigenvalue weighted by Crippen LogP contribution is 2.16. The first-order valence-corrected chi connectivity index (χ1v) is 7.51. The molecular formula is C12H19NO3S. The molecule has 4 nitrogen and oxygen atoms in total. The Hall–Kier alpha value is -1.07. The molecule has 0 bridgehead atoms. The Kier molecular flexibility index (Phi) is 4.96. The van der Waals surface area contributed by atoms with Gasteiger partial charge in [0, 0.05) is 24.4 Å². The van der Waals surface area contributed by atoms with Crippen LogP contribution in [-0.2, 0) is 16.4 Å². The van der Waals surface area contributed by atoms with Crippen LogP contribution in [0.4, 0.5) is 0 Å². The average Bonchev–Trinajstić information content (AvgIpc) is 2.24. The van der Waals surface area contributed by atoms with Crippen LogP contribution in [0.1, 0.15) is 12.5 Å². The lowest BCUT2D eigenvalue weighted by Gasteiger charge is -2.14. The molecule has 17 heavy (non-hydrogen) atoms. The monoisotopic (exact) mass is 257 g/mol. The summed E-state index contributed by atoms with van der Waals surface area (Å²) in [6.45, 7) is 2.46. The second-order valence-corrected chi connectivity index (χ2v) is 6.37. The molecule has 0 heterocycles. The molecule has 1 rings (SSSR count). The highest BCUT2D eigenvalue weighted by molar-refractivity contribution is 7.90. The van der Waals surface area contributed by atoms with Crippen molar-refractivity contribution in [3.8, 4) is 5.75 Å². The number of nitrogens with one attached hydrogen (secondary N) is 1. The second kappa shape index (κ2) is 6.02. The number of para-hydroxylation sites is 1. The maximum absolute atomic E-state index is 11.1. The van der Waals surface area contributed by atoms with Crippen molar-refractivity contribution in [3.63, 3.8) is 0 Å². The molecule has 0 aliphatic rings. The number of rotatable bonds is 6. The number of hydrogen-bond donors (Lipinski definition) is 1. The van der Waals surface area contributed by atoms with E-state index in [-0.39, 0.29) is 11.8 Å². The number of hydrogen-bond acceptors (Lipinski definition) is 4. The van der Waals surface area contributed by atoms with E-state index in [1.54, 1.807) is 7.11 Å². The zero-order valence-electron chi connectivity index (χ0n) is 10.4. The third kappa shape index (κ3) is 5.19. The molecule has 0 radical (unpaired) electrons. The summed E-state index contributed by atoms with van der Waals surface area (Å²) in [7, 11) is -1.31. The van der Waals surface area contributed by atoms with Gasteiger partial charge < -0.3 is 10.1 Å². The van der Waals surface area contributed by atoms with E-state index in [1.165, 1.54) is 6.26 Å². The number of ether oxygens (including phenoxy) is 1. The summed E-state index contributed by atoms with van der Waals surface area (Å²) in [6, 6.07) is 7.61. The molecule has 1 N–H and O–H groups in total. The molecule has 0 aliphatic carbocycles. The number of sulfone groups is 1. The average molecular weight is 257 g/mol. The fraction of sp³-hybridized carbons (Fsp3) is 0.500. The Labute approximate surface area is 103 Å². The van der Waals surface area contributed by atoms with E-state index in [2.05, 4.69) is 5.32 Å². The quantitative estimate of drug-likeness (QED) is 0.832. The van der Waals surface area contributed by atoms with Gasteiger partial charge in [-0.2, -0.15) is 0 Å². The fourth-order valence-electron chi connectivity index (χ4n) is 1.65. The summed E-state index contributed by atoms with van der Waals surface area (Å²) in [5.74, 6) is 0.953. The van der Waals surface area contributed by atoms with E-state index in [0.717, 1.165) is 11.3 Å². The van der Waals surface area contributed by atoms with Gasteiger partial charge in [0.2, 0.25) is 0 Å². The lowest BCUT2D eigenvalue weighted by Crippen LogP contribution is -2.32. The van der Waals surface area contributed by atoms with Crippen LogP contribution in [0.2, 0.25) is 0 Å². The fourth-order valence-corrected chi connectivity index (χ4v) is 2.67. The molecule has 0 aliphatic heterocycles. The lowest BCUT2D eigenvalue weighted by atomic mass is 10.2. The Morgan fingerprint density at radius 1 is 1.35 bits per heavy atom. The normalized spacial score (nSPS) is 13.4. The molecule has 0 saturated heterocycles. The number of benzene rings is 1. The van der Waals surface area contributed by atoms with Gasteiger partial charge in [0.25, 0.3) is 0 Å². The van der Waals surface area contributed by atoms with Gasteiger partial charge in [-0.3, -0.25) is 0 Å². The van der Waals surface area contributed by atoms with E-state index >= 15 is 0 Å². The first-order chi connectivity index (χ1) is 7.92. The van der Waals surface area contributed by atoms with Crippen LogP contribution in [0.3, 0.4) is 0 Å². The zero-order valence-corrected chi connectivity index (χ0v) is 11.3. The summed E-state index contributed by atoms with van der Waals surface area (Å²) < 4.78 is 27.4. The zero-order chi connectivity index (χ0) is 12.9. The molecule has 96 valence electrons. The van der Waals surface area contributed by atoms with Crippen LogP contribution >= 0.6 is 0 Å². The van der Waals surface area contributed by atoms with Crippen molar-refractivity contribution in [2.45, 2.75) is 19.5 Å². The summed E-state index contributed by atoms with van der Waals surface area (Å²) in [5, 5.41) is 3.17. The van der Waals surface area contributed by atoms with E-state index in [1.807, 2.05) is 31.2 Å². The van der Waals surface area contributed by atoms with Crippen molar-refractivity contribution < 1.29 is 13.2 Å². The largest absolute Gasteiger partial charge is 0.496 e. The minimum atomic E-state index is -2.94. The maximum Gasteiger partial charge on any atom is 0.148 e. The van der Waals surface area contributed by atoms with E-state index in [0.29, 0.717) is 6.54 Å². The van der Waals surface area contributed by atoms with Crippen LogP contribution in [0.25, 0.3) is 0 Å². The summed E-state index contributed by atoms with van der Waals surface area (Å²) in [4.78, 5) is 0. The smallest absolute Gasteiger partial charge is 0.148 e. The highest BCUT2D eigenvalue weighted by Gasteiger charge is 2.10. The van der Waals surface area contributed by atoms with Crippen LogP contribution in [0, 0.1) is 0 Å². The predicted octanol–water partition coefficient (Wildman–Crippen LogP) is 1.22. The van der Waals surface area contributed by atoms with Crippen molar-refractivity contribution in [1.29, 1.82) is 0 Å². The van der Waals surface area contributed by atoms with Gasteiger partial charge in [0.1, 0.15) is 15.6 Å². The molecule has 1 aromatic carbocycles. The van der Waals surface area contributed by atoms with Crippen LogP contribution in [-0.4, -0.2) is 33.6 Å². The third-order valence-corrected chi connectivity index (χ3v) is 3.49. The first kappa shape index (κ1) is 14.0. The molecule has 0 fully saturated rings. The van der Waals surface area contributed by atoms with E-state index in [4.69, 9.17) is 4.74 Å². The topological polar surface area (TPSA) is 55.4 Å². The Balaban J connectivity index is 2.55. The van der Waals surface area contributed by atoms with Crippen LogP contribution < -0.4 is 10.1 Å². The first-order valence-electron chi connectivity index (χ1n) is 5.45. The van der Waals surface area contributed by atoms with Gasteiger partial charge in [0.05, 0.1) is 12.9 Å². The van der Waals surface area contributed by atoms with Crippen molar-refractivity contribution in [1.82, 2.24) is 5.32 Å². The van der Waals surface area contributed by atoms with Gasteiger partial charge in [-0.25, -0.2) is 8.42 Å². The molecule has 0 saturated carbocycles. The van der Waals surface area contributed by atoms with Crippen LogP contribution in [0.15, 0.2) is 24.3 Å². The van der Waals surface area contributed by atoms with Gasteiger partial charge in [-0.1, -0.05) is 18.2 Å². The molecule has 1 aromatic rings.